The number of carbonyl (C=O) groups is 1. The average Bonchev–Trinajstić information content (AvgIpc) is 2.82. The Bertz CT molecular complexity index is 522. The Balaban J connectivity index is 2.16. The summed E-state index contributed by atoms with van der Waals surface area (Å²) in [6, 6.07) is 0.614. The number of nitrogens with zero attached hydrogens (tertiary/aromatic N) is 2. The third kappa shape index (κ3) is 4.38. The molecule has 0 aromatic carbocycles. The molecule has 1 unspecified atom stereocenters. The van der Waals surface area contributed by atoms with Gasteiger partial charge in [0.05, 0.1) is 17.1 Å². The lowest BCUT2D eigenvalue weighted by molar-refractivity contribution is -0.131. The van der Waals surface area contributed by atoms with Crippen LogP contribution in [0.25, 0.3) is 6.08 Å². The first-order valence-corrected chi connectivity index (χ1v) is 8.43. The van der Waals surface area contributed by atoms with Crippen LogP contribution in [0.2, 0.25) is 0 Å². The first kappa shape index (κ1) is 16.2. The number of carboxylic acid groups (broad SMARTS) is 1. The van der Waals surface area contributed by atoms with Crippen molar-refractivity contribution in [1.29, 1.82) is 0 Å². The summed E-state index contributed by atoms with van der Waals surface area (Å²) in [5.41, 5.74) is 1.01. The van der Waals surface area contributed by atoms with E-state index in [-0.39, 0.29) is 0 Å². The number of piperidine rings is 1. The van der Waals surface area contributed by atoms with Crippen LogP contribution < -0.4 is 0 Å². The number of hydrogen-bond acceptors (Lipinski definition) is 4. The summed E-state index contributed by atoms with van der Waals surface area (Å²) in [4.78, 5) is 18.9. The lowest BCUT2D eigenvalue weighted by Gasteiger charge is -2.32. The molecule has 21 heavy (non-hydrogen) atoms. The van der Waals surface area contributed by atoms with E-state index in [1.54, 1.807) is 17.4 Å². The van der Waals surface area contributed by atoms with E-state index in [9.17, 15) is 4.79 Å². The molecule has 116 valence electrons. The second kappa shape index (κ2) is 7.18. The summed E-state index contributed by atoms with van der Waals surface area (Å²) >= 11 is 1.62. The Morgan fingerprint density at radius 1 is 1.52 bits per heavy atom. The van der Waals surface area contributed by atoms with E-state index in [0.29, 0.717) is 12.0 Å². The van der Waals surface area contributed by atoms with Crippen molar-refractivity contribution >= 4 is 23.4 Å². The zero-order valence-electron chi connectivity index (χ0n) is 13.0. The minimum absolute atomic E-state index is 0.308. The second-order valence-electron chi connectivity index (χ2n) is 6.00. The lowest BCUT2D eigenvalue weighted by Crippen LogP contribution is -2.36. The number of thiazole rings is 1. The van der Waals surface area contributed by atoms with Crippen LogP contribution >= 0.6 is 11.3 Å². The number of aromatic nitrogens is 1. The van der Waals surface area contributed by atoms with E-state index in [1.807, 2.05) is 0 Å². The van der Waals surface area contributed by atoms with Gasteiger partial charge in [-0.1, -0.05) is 20.3 Å². The van der Waals surface area contributed by atoms with Gasteiger partial charge in [0.15, 0.2) is 0 Å². The molecule has 0 radical (unpaired) electrons. The summed E-state index contributed by atoms with van der Waals surface area (Å²) in [5, 5.41) is 9.89. The topological polar surface area (TPSA) is 53.4 Å². The predicted molar refractivity (Wildman–Crippen MR) is 86.6 cm³/mol. The Hall–Kier alpha value is -1.20. The largest absolute Gasteiger partial charge is 0.478 e. The molecule has 5 heteroatoms. The van der Waals surface area contributed by atoms with Crippen molar-refractivity contribution in [1.82, 2.24) is 9.88 Å². The van der Waals surface area contributed by atoms with Crippen molar-refractivity contribution in [2.24, 2.45) is 0 Å². The second-order valence-corrected chi connectivity index (χ2v) is 7.11. The summed E-state index contributed by atoms with van der Waals surface area (Å²) in [7, 11) is 0. The van der Waals surface area contributed by atoms with Gasteiger partial charge in [-0.3, -0.25) is 4.90 Å². The average molecular weight is 308 g/mol. The molecule has 1 saturated heterocycles. The van der Waals surface area contributed by atoms with E-state index in [0.717, 1.165) is 28.7 Å². The van der Waals surface area contributed by atoms with E-state index < -0.39 is 5.97 Å². The van der Waals surface area contributed by atoms with Gasteiger partial charge in [-0.2, -0.15) is 0 Å². The van der Waals surface area contributed by atoms with Crippen molar-refractivity contribution in [3.05, 3.63) is 21.7 Å². The van der Waals surface area contributed by atoms with Gasteiger partial charge in [-0.05, 0) is 38.3 Å². The normalized spacial score (nSPS) is 20.5. The van der Waals surface area contributed by atoms with E-state index in [4.69, 9.17) is 10.1 Å². The highest BCUT2D eigenvalue weighted by Gasteiger charge is 2.21. The van der Waals surface area contributed by atoms with E-state index in [1.165, 1.54) is 25.3 Å². The van der Waals surface area contributed by atoms with Crippen molar-refractivity contribution in [3.8, 4) is 0 Å². The van der Waals surface area contributed by atoms with Crippen LogP contribution in [-0.2, 0) is 11.3 Å². The van der Waals surface area contributed by atoms with Gasteiger partial charge in [-0.15, -0.1) is 11.3 Å². The van der Waals surface area contributed by atoms with Crippen molar-refractivity contribution in [3.63, 3.8) is 0 Å². The smallest absolute Gasteiger partial charge is 0.328 e. The summed E-state index contributed by atoms with van der Waals surface area (Å²) in [6.45, 7) is 8.49. The van der Waals surface area contributed by atoms with Gasteiger partial charge in [-0.25, -0.2) is 9.78 Å². The summed E-state index contributed by atoms with van der Waals surface area (Å²) < 4.78 is 0. The molecule has 0 aliphatic carbocycles. The van der Waals surface area contributed by atoms with Crippen molar-refractivity contribution in [2.75, 3.05) is 6.54 Å². The van der Waals surface area contributed by atoms with Crippen LogP contribution in [0, 0.1) is 0 Å². The molecule has 1 atom stereocenters. The predicted octanol–water partition coefficient (Wildman–Crippen LogP) is 3.74. The summed E-state index contributed by atoms with van der Waals surface area (Å²) in [6.07, 6.45) is 6.72. The fourth-order valence-corrected chi connectivity index (χ4v) is 3.86. The van der Waals surface area contributed by atoms with Gasteiger partial charge in [0.1, 0.15) is 5.01 Å². The molecule has 1 N–H and O–H groups in total. The fraction of sp³-hybridized carbons (Fsp3) is 0.625. The molecule has 1 aliphatic rings. The quantitative estimate of drug-likeness (QED) is 0.842. The molecule has 1 fully saturated rings. The zero-order valence-corrected chi connectivity index (χ0v) is 13.8. The number of likely N-dealkylation sites (tertiary alicyclic amines) is 1. The number of aliphatic carboxylic acids is 1. The molecule has 2 heterocycles. The van der Waals surface area contributed by atoms with Crippen LogP contribution in [0.5, 0.6) is 0 Å². The standard InChI is InChI=1S/C16H24N2O2S/c1-11(2)16-13(7-8-15(19)20)21-14(17-16)10-18-9-5-4-6-12(18)3/h7-8,11-12H,4-6,9-10H2,1-3H3,(H,19,20)/b8-7+. The lowest BCUT2D eigenvalue weighted by atomic mass is 10.0. The van der Waals surface area contributed by atoms with Gasteiger partial charge in [0.25, 0.3) is 0 Å². The van der Waals surface area contributed by atoms with Crippen molar-refractivity contribution in [2.45, 2.75) is 58.5 Å². The molecule has 1 aromatic rings. The highest BCUT2D eigenvalue weighted by molar-refractivity contribution is 7.12. The third-order valence-electron chi connectivity index (χ3n) is 3.93. The Kier molecular flexibility index (Phi) is 5.53. The highest BCUT2D eigenvalue weighted by Crippen LogP contribution is 2.28. The minimum Gasteiger partial charge on any atom is -0.478 e. The third-order valence-corrected chi connectivity index (χ3v) is 4.95. The monoisotopic (exact) mass is 308 g/mol. The minimum atomic E-state index is -0.913. The molecular weight excluding hydrogens is 284 g/mol. The van der Waals surface area contributed by atoms with E-state index >= 15 is 0 Å². The van der Waals surface area contributed by atoms with E-state index in [2.05, 4.69) is 25.7 Å². The zero-order chi connectivity index (χ0) is 15.4. The first-order valence-electron chi connectivity index (χ1n) is 7.62. The van der Waals surface area contributed by atoms with Crippen LogP contribution in [0.3, 0.4) is 0 Å². The highest BCUT2D eigenvalue weighted by atomic mass is 32.1. The molecule has 1 aliphatic heterocycles. The van der Waals surface area contributed by atoms with Gasteiger partial charge in [0.2, 0.25) is 0 Å². The Labute approximate surface area is 130 Å². The number of hydrogen-bond donors (Lipinski definition) is 1. The maximum absolute atomic E-state index is 10.7. The summed E-state index contributed by atoms with van der Waals surface area (Å²) in [5.74, 6) is -0.605. The first-order chi connectivity index (χ1) is 9.97. The van der Waals surface area contributed by atoms with Gasteiger partial charge >= 0.3 is 5.97 Å². The van der Waals surface area contributed by atoms with Crippen LogP contribution in [0.1, 0.15) is 61.5 Å². The van der Waals surface area contributed by atoms with Crippen LogP contribution in [-0.4, -0.2) is 33.5 Å². The fourth-order valence-electron chi connectivity index (χ4n) is 2.71. The molecule has 1 aromatic heterocycles. The molecular formula is C16H24N2O2S. The molecule has 0 bridgehead atoms. The Morgan fingerprint density at radius 3 is 2.90 bits per heavy atom. The maximum Gasteiger partial charge on any atom is 0.328 e. The van der Waals surface area contributed by atoms with Crippen LogP contribution in [0.15, 0.2) is 6.08 Å². The maximum atomic E-state index is 10.7. The van der Waals surface area contributed by atoms with Gasteiger partial charge in [0, 0.05) is 12.1 Å². The number of carboxylic acids is 1. The molecule has 2 rings (SSSR count). The molecule has 0 saturated carbocycles. The molecule has 0 spiro atoms. The molecule has 0 amide bonds. The SMILES string of the molecule is CC(C)c1nc(CN2CCCCC2C)sc1/C=C/C(=O)O. The van der Waals surface area contributed by atoms with Crippen molar-refractivity contribution < 1.29 is 9.90 Å². The van der Waals surface area contributed by atoms with Crippen LogP contribution in [0.4, 0.5) is 0 Å². The molecule has 4 nitrogen and oxygen atoms in total. The van der Waals surface area contributed by atoms with Gasteiger partial charge < -0.3 is 5.11 Å². The number of rotatable bonds is 5. The Morgan fingerprint density at radius 2 is 2.29 bits per heavy atom.